The monoisotopic (exact) mass is 403 g/mol. The van der Waals surface area contributed by atoms with E-state index < -0.39 is 11.7 Å². The van der Waals surface area contributed by atoms with Crippen LogP contribution in [-0.2, 0) is 6.61 Å². The van der Waals surface area contributed by atoms with E-state index in [1.165, 1.54) is 37.6 Å². The second-order valence-corrected chi connectivity index (χ2v) is 6.17. The van der Waals surface area contributed by atoms with Gasteiger partial charge in [-0.2, -0.15) is 10.4 Å². The number of benzene rings is 3. The Hall–Kier alpha value is -4.18. The third-order valence-electron chi connectivity index (χ3n) is 4.19. The summed E-state index contributed by atoms with van der Waals surface area (Å²) in [5.41, 5.74) is 4.69. The molecule has 0 bridgehead atoms. The second-order valence-electron chi connectivity index (χ2n) is 6.17. The Labute approximate surface area is 173 Å². The van der Waals surface area contributed by atoms with Gasteiger partial charge in [0.25, 0.3) is 5.91 Å². The first-order valence-electron chi connectivity index (χ1n) is 8.98. The van der Waals surface area contributed by atoms with Gasteiger partial charge < -0.3 is 9.47 Å². The minimum atomic E-state index is -0.450. The summed E-state index contributed by atoms with van der Waals surface area (Å²) in [6.07, 6.45) is 1.46. The van der Waals surface area contributed by atoms with Crippen molar-refractivity contribution in [2.45, 2.75) is 6.61 Å². The number of hydrogen-bond donors (Lipinski definition) is 1. The summed E-state index contributed by atoms with van der Waals surface area (Å²) < 4.78 is 24.1. The summed E-state index contributed by atoms with van der Waals surface area (Å²) in [5.74, 6) is 0.130. The molecule has 0 aliphatic rings. The van der Waals surface area contributed by atoms with E-state index in [9.17, 15) is 9.18 Å². The summed E-state index contributed by atoms with van der Waals surface area (Å²) in [6, 6.07) is 19.7. The molecule has 0 atom stereocenters. The van der Waals surface area contributed by atoms with Crippen LogP contribution in [0.15, 0.2) is 71.8 Å². The number of hydrogen-bond acceptors (Lipinski definition) is 5. The highest BCUT2D eigenvalue weighted by Crippen LogP contribution is 2.28. The van der Waals surface area contributed by atoms with Gasteiger partial charge in [-0.05, 0) is 54.1 Å². The molecule has 0 aliphatic carbocycles. The largest absolute Gasteiger partial charge is 0.493 e. The predicted octanol–water partition coefficient (Wildman–Crippen LogP) is 4.05. The van der Waals surface area contributed by atoms with Gasteiger partial charge >= 0.3 is 0 Å². The summed E-state index contributed by atoms with van der Waals surface area (Å²) in [7, 11) is 1.52. The second kappa shape index (κ2) is 9.85. The van der Waals surface area contributed by atoms with Crippen molar-refractivity contribution in [2.75, 3.05) is 7.11 Å². The Morgan fingerprint density at radius 2 is 1.90 bits per heavy atom. The molecule has 3 aromatic carbocycles. The summed E-state index contributed by atoms with van der Waals surface area (Å²) in [5, 5.41) is 13.1. The molecule has 0 aliphatic heterocycles. The van der Waals surface area contributed by atoms with Crippen LogP contribution < -0.4 is 14.9 Å². The SMILES string of the molecule is COc1cc(/C=N\NC(=O)c2ccc(F)cc2)ccc1OCc1ccccc1C#N. The Bertz CT molecular complexity index is 1110. The smallest absolute Gasteiger partial charge is 0.271 e. The summed E-state index contributed by atoms with van der Waals surface area (Å²) in [4.78, 5) is 12.0. The third kappa shape index (κ3) is 5.20. The number of nitriles is 1. The van der Waals surface area contributed by atoms with E-state index >= 15 is 0 Å². The zero-order valence-electron chi connectivity index (χ0n) is 16.1. The molecule has 1 amide bonds. The minimum Gasteiger partial charge on any atom is -0.493 e. The maximum Gasteiger partial charge on any atom is 0.271 e. The fourth-order valence-corrected chi connectivity index (χ4v) is 2.63. The van der Waals surface area contributed by atoms with Crippen LogP contribution in [0.25, 0.3) is 0 Å². The molecular formula is C23H18FN3O3. The maximum absolute atomic E-state index is 12.9. The molecule has 0 saturated heterocycles. The zero-order valence-corrected chi connectivity index (χ0v) is 16.1. The van der Waals surface area contributed by atoms with Gasteiger partial charge in [-0.3, -0.25) is 4.79 Å². The van der Waals surface area contributed by atoms with Crippen LogP contribution in [0.5, 0.6) is 11.5 Å². The highest BCUT2D eigenvalue weighted by Gasteiger charge is 2.08. The standard InChI is InChI=1S/C23H18FN3O3/c1-29-22-12-16(14-26-27-23(28)17-7-9-20(24)10-8-17)6-11-21(22)30-15-19-5-3-2-4-18(19)13-25/h2-12,14H,15H2,1H3,(H,27,28)/b26-14-. The molecular weight excluding hydrogens is 385 g/mol. The normalized spacial score (nSPS) is 10.4. The van der Waals surface area contributed by atoms with E-state index in [0.717, 1.165) is 5.56 Å². The van der Waals surface area contributed by atoms with E-state index in [-0.39, 0.29) is 6.61 Å². The molecule has 0 aromatic heterocycles. The molecule has 6 nitrogen and oxygen atoms in total. The third-order valence-corrected chi connectivity index (χ3v) is 4.19. The van der Waals surface area contributed by atoms with Gasteiger partial charge in [-0.1, -0.05) is 18.2 Å². The van der Waals surface area contributed by atoms with Crippen LogP contribution in [-0.4, -0.2) is 19.2 Å². The lowest BCUT2D eigenvalue weighted by Crippen LogP contribution is -2.17. The first-order valence-corrected chi connectivity index (χ1v) is 8.98. The Balaban J connectivity index is 1.65. The molecule has 3 rings (SSSR count). The van der Waals surface area contributed by atoms with Gasteiger partial charge in [0.2, 0.25) is 0 Å². The molecule has 7 heteroatoms. The zero-order chi connectivity index (χ0) is 21.3. The number of methoxy groups -OCH3 is 1. The Kier molecular flexibility index (Phi) is 6.74. The highest BCUT2D eigenvalue weighted by atomic mass is 19.1. The summed E-state index contributed by atoms with van der Waals surface area (Å²) >= 11 is 0. The minimum absolute atomic E-state index is 0.223. The number of carbonyl (C=O) groups is 1. The van der Waals surface area contributed by atoms with Crippen molar-refractivity contribution in [1.82, 2.24) is 5.43 Å². The molecule has 1 N–H and O–H groups in total. The fraction of sp³-hybridized carbons (Fsp3) is 0.0870. The van der Waals surface area contributed by atoms with E-state index in [1.807, 2.05) is 12.1 Å². The quantitative estimate of drug-likeness (QED) is 0.477. The molecule has 0 unspecified atom stereocenters. The Morgan fingerprint density at radius 1 is 1.13 bits per heavy atom. The molecule has 0 fully saturated rings. The highest BCUT2D eigenvalue weighted by molar-refractivity contribution is 5.94. The van der Waals surface area contributed by atoms with Crippen molar-refractivity contribution < 1.29 is 18.7 Å². The number of halogens is 1. The van der Waals surface area contributed by atoms with Gasteiger partial charge in [0, 0.05) is 11.1 Å². The molecule has 0 spiro atoms. The molecule has 150 valence electrons. The van der Waals surface area contributed by atoms with Crippen LogP contribution in [0.1, 0.15) is 27.0 Å². The van der Waals surface area contributed by atoms with E-state index in [4.69, 9.17) is 14.7 Å². The van der Waals surface area contributed by atoms with Gasteiger partial charge in [-0.15, -0.1) is 0 Å². The van der Waals surface area contributed by atoms with Crippen molar-refractivity contribution in [3.05, 3.63) is 94.8 Å². The van der Waals surface area contributed by atoms with Crippen LogP contribution in [0.3, 0.4) is 0 Å². The predicted molar refractivity (Wildman–Crippen MR) is 110 cm³/mol. The number of rotatable bonds is 7. The summed E-state index contributed by atoms with van der Waals surface area (Å²) in [6.45, 7) is 0.223. The van der Waals surface area contributed by atoms with Crippen molar-refractivity contribution >= 4 is 12.1 Å². The van der Waals surface area contributed by atoms with Gasteiger partial charge in [0.15, 0.2) is 11.5 Å². The number of hydrazone groups is 1. The lowest BCUT2D eigenvalue weighted by atomic mass is 10.1. The molecule has 30 heavy (non-hydrogen) atoms. The van der Waals surface area contributed by atoms with E-state index in [0.29, 0.717) is 28.2 Å². The maximum atomic E-state index is 12.9. The first kappa shape index (κ1) is 20.6. The van der Waals surface area contributed by atoms with Gasteiger partial charge in [0.1, 0.15) is 12.4 Å². The molecule has 0 saturated carbocycles. The average Bonchev–Trinajstić information content (AvgIpc) is 2.78. The van der Waals surface area contributed by atoms with Crippen LogP contribution >= 0.6 is 0 Å². The number of carbonyl (C=O) groups excluding carboxylic acids is 1. The van der Waals surface area contributed by atoms with Crippen LogP contribution in [0.2, 0.25) is 0 Å². The Morgan fingerprint density at radius 3 is 2.63 bits per heavy atom. The number of amides is 1. The van der Waals surface area contributed by atoms with E-state index in [1.54, 1.807) is 30.3 Å². The molecule has 3 aromatic rings. The lowest BCUT2D eigenvalue weighted by Gasteiger charge is -2.12. The van der Waals surface area contributed by atoms with Crippen molar-refractivity contribution in [3.8, 4) is 17.6 Å². The van der Waals surface area contributed by atoms with Crippen molar-refractivity contribution in [3.63, 3.8) is 0 Å². The van der Waals surface area contributed by atoms with E-state index in [2.05, 4.69) is 16.6 Å². The van der Waals surface area contributed by atoms with Crippen LogP contribution in [0, 0.1) is 17.1 Å². The average molecular weight is 403 g/mol. The molecule has 0 heterocycles. The first-order chi connectivity index (χ1) is 14.6. The van der Waals surface area contributed by atoms with Crippen LogP contribution in [0.4, 0.5) is 4.39 Å². The topological polar surface area (TPSA) is 83.7 Å². The fourth-order valence-electron chi connectivity index (χ4n) is 2.63. The van der Waals surface area contributed by atoms with Crippen molar-refractivity contribution in [2.24, 2.45) is 5.10 Å². The van der Waals surface area contributed by atoms with Gasteiger partial charge in [-0.25, -0.2) is 9.82 Å². The number of ether oxygens (including phenoxy) is 2. The van der Waals surface area contributed by atoms with Crippen molar-refractivity contribution in [1.29, 1.82) is 5.26 Å². The molecule has 0 radical (unpaired) electrons. The lowest BCUT2D eigenvalue weighted by molar-refractivity contribution is 0.0955. The number of nitrogens with one attached hydrogen (secondary N) is 1. The number of nitrogens with zero attached hydrogens (tertiary/aromatic N) is 2. The van der Waals surface area contributed by atoms with Gasteiger partial charge in [0.05, 0.1) is 25.0 Å².